The second-order valence-electron chi connectivity index (χ2n) is 8.01. The summed E-state index contributed by atoms with van der Waals surface area (Å²) < 4.78 is 40.4. The quantitative estimate of drug-likeness (QED) is 0.614. The Hall–Kier alpha value is -3.52. The van der Waals surface area contributed by atoms with Gasteiger partial charge in [-0.2, -0.15) is 0 Å². The fourth-order valence-electron chi connectivity index (χ4n) is 4.59. The molecule has 6 nitrogen and oxygen atoms in total. The first-order chi connectivity index (χ1) is 15.3. The van der Waals surface area contributed by atoms with E-state index in [1.165, 1.54) is 17.0 Å². The average Bonchev–Trinajstić information content (AvgIpc) is 3.12. The van der Waals surface area contributed by atoms with Gasteiger partial charge in [0.1, 0.15) is 11.6 Å². The number of aryl methyl sites for hydroxylation is 1. The molecule has 0 saturated carbocycles. The Morgan fingerprint density at radius 3 is 2.41 bits per heavy atom. The Morgan fingerprint density at radius 2 is 1.69 bits per heavy atom. The minimum Gasteiger partial charge on any atom is -0.304 e. The van der Waals surface area contributed by atoms with E-state index in [-0.39, 0.29) is 12.1 Å². The number of nitrogens with zero attached hydrogens (tertiary/aromatic N) is 2. The minimum absolute atomic E-state index is 0.0449. The first-order valence-corrected chi connectivity index (χ1v) is 11.7. The molecule has 0 aromatic heterocycles. The van der Waals surface area contributed by atoms with Gasteiger partial charge in [0.05, 0.1) is 12.2 Å². The smallest absolute Gasteiger partial charge is 0.274 e. The molecule has 1 saturated heterocycles. The standard InChI is InChI=1S/C24H19FN2O4S/c1-16-5-4-6-19(13-16)27-22(28)15-32(30,31)24(27)20-7-2-3-8-21(20)26(23(24)29)14-17-9-11-18(25)12-10-17/h2-13H,14-15H2,1H3/t24-/m1/s1. The molecule has 2 aliphatic heterocycles. The summed E-state index contributed by atoms with van der Waals surface area (Å²) in [4.78, 5) is 27.3. The van der Waals surface area contributed by atoms with Gasteiger partial charge in [-0.15, -0.1) is 0 Å². The largest absolute Gasteiger partial charge is 0.304 e. The zero-order valence-electron chi connectivity index (χ0n) is 17.2. The van der Waals surface area contributed by atoms with Crippen LogP contribution in [0.2, 0.25) is 0 Å². The van der Waals surface area contributed by atoms with E-state index in [4.69, 9.17) is 0 Å². The van der Waals surface area contributed by atoms with Crippen molar-refractivity contribution in [3.63, 3.8) is 0 Å². The van der Waals surface area contributed by atoms with Crippen LogP contribution in [-0.4, -0.2) is 26.0 Å². The maximum atomic E-state index is 14.0. The zero-order chi connectivity index (χ0) is 22.7. The van der Waals surface area contributed by atoms with Crippen molar-refractivity contribution < 1.29 is 22.4 Å². The molecule has 2 heterocycles. The molecular formula is C24H19FN2O4S. The fourth-order valence-corrected chi connectivity index (χ4v) is 6.62. The van der Waals surface area contributed by atoms with Crippen molar-refractivity contribution in [2.45, 2.75) is 18.3 Å². The highest BCUT2D eigenvalue weighted by molar-refractivity contribution is 7.94. The highest BCUT2D eigenvalue weighted by atomic mass is 32.2. The van der Waals surface area contributed by atoms with Crippen LogP contribution in [0.3, 0.4) is 0 Å². The van der Waals surface area contributed by atoms with E-state index in [0.717, 1.165) is 10.5 Å². The van der Waals surface area contributed by atoms with Gasteiger partial charge in [-0.1, -0.05) is 42.5 Å². The summed E-state index contributed by atoms with van der Waals surface area (Å²) in [5, 5.41) is 0. The lowest BCUT2D eigenvalue weighted by Gasteiger charge is -2.32. The van der Waals surface area contributed by atoms with E-state index in [0.29, 0.717) is 16.9 Å². The van der Waals surface area contributed by atoms with Crippen molar-refractivity contribution in [3.8, 4) is 0 Å². The molecule has 0 aliphatic carbocycles. The Morgan fingerprint density at radius 1 is 0.969 bits per heavy atom. The zero-order valence-corrected chi connectivity index (χ0v) is 18.0. The van der Waals surface area contributed by atoms with E-state index in [9.17, 15) is 22.4 Å². The molecule has 1 spiro atoms. The molecule has 162 valence electrons. The summed E-state index contributed by atoms with van der Waals surface area (Å²) in [5.74, 6) is -2.53. The van der Waals surface area contributed by atoms with Gasteiger partial charge >= 0.3 is 0 Å². The van der Waals surface area contributed by atoms with Crippen LogP contribution in [0.1, 0.15) is 16.7 Å². The lowest BCUT2D eigenvalue weighted by molar-refractivity contribution is -0.123. The molecule has 1 fully saturated rings. The third-order valence-corrected chi connectivity index (χ3v) is 8.04. The molecular weight excluding hydrogens is 431 g/mol. The maximum absolute atomic E-state index is 14.0. The van der Waals surface area contributed by atoms with Gasteiger partial charge in [-0.05, 0) is 48.4 Å². The number of fused-ring (bicyclic) bond motifs is 2. The summed E-state index contributed by atoms with van der Waals surface area (Å²) in [6, 6.07) is 19.1. The first-order valence-electron chi connectivity index (χ1n) is 10.0. The lowest BCUT2D eigenvalue weighted by atomic mass is 10.0. The van der Waals surface area contributed by atoms with Crippen molar-refractivity contribution in [3.05, 3.63) is 95.3 Å². The number of carbonyl (C=O) groups is 2. The molecule has 1 atom stereocenters. The number of hydrogen-bond acceptors (Lipinski definition) is 4. The highest BCUT2D eigenvalue weighted by Crippen LogP contribution is 2.52. The van der Waals surface area contributed by atoms with Crippen molar-refractivity contribution >= 4 is 33.0 Å². The molecule has 0 unspecified atom stereocenters. The van der Waals surface area contributed by atoms with Gasteiger partial charge in [0.15, 0.2) is 9.84 Å². The van der Waals surface area contributed by atoms with Crippen LogP contribution in [0.15, 0.2) is 72.8 Å². The number of sulfone groups is 1. The van der Waals surface area contributed by atoms with Crippen molar-refractivity contribution in [2.24, 2.45) is 0 Å². The highest BCUT2D eigenvalue weighted by Gasteiger charge is 2.69. The van der Waals surface area contributed by atoms with Gasteiger partial charge in [0.2, 0.25) is 5.91 Å². The fraction of sp³-hybridized carbons (Fsp3) is 0.167. The van der Waals surface area contributed by atoms with Crippen molar-refractivity contribution in [1.82, 2.24) is 0 Å². The third kappa shape index (κ3) is 2.72. The molecule has 32 heavy (non-hydrogen) atoms. The number of para-hydroxylation sites is 1. The molecule has 0 radical (unpaired) electrons. The molecule has 2 amide bonds. The van der Waals surface area contributed by atoms with Crippen LogP contribution in [-0.2, 0) is 30.8 Å². The van der Waals surface area contributed by atoms with Crippen LogP contribution in [0, 0.1) is 12.7 Å². The van der Waals surface area contributed by atoms with Gasteiger partial charge in [-0.25, -0.2) is 12.8 Å². The molecule has 0 N–H and O–H groups in total. The van der Waals surface area contributed by atoms with Crippen LogP contribution in [0.5, 0.6) is 0 Å². The van der Waals surface area contributed by atoms with E-state index >= 15 is 0 Å². The van der Waals surface area contributed by atoms with Gasteiger partial charge < -0.3 is 4.90 Å². The average molecular weight is 450 g/mol. The van der Waals surface area contributed by atoms with Gasteiger partial charge in [0.25, 0.3) is 10.8 Å². The topological polar surface area (TPSA) is 74.8 Å². The predicted octanol–water partition coefficient (Wildman–Crippen LogP) is 3.30. The van der Waals surface area contributed by atoms with Crippen LogP contribution in [0.25, 0.3) is 0 Å². The molecule has 5 rings (SSSR count). The summed E-state index contributed by atoms with van der Waals surface area (Å²) in [5.41, 5.74) is 2.48. The number of anilines is 2. The Kier molecular flexibility index (Phi) is 4.46. The van der Waals surface area contributed by atoms with Crippen molar-refractivity contribution in [2.75, 3.05) is 15.6 Å². The predicted molar refractivity (Wildman–Crippen MR) is 118 cm³/mol. The number of halogens is 1. The third-order valence-electron chi connectivity index (χ3n) is 5.94. The monoisotopic (exact) mass is 450 g/mol. The Labute approximate surface area is 184 Å². The summed E-state index contributed by atoms with van der Waals surface area (Å²) in [7, 11) is -4.22. The molecule has 3 aromatic carbocycles. The van der Waals surface area contributed by atoms with Crippen molar-refractivity contribution in [1.29, 1.82) is 0 Å². The Balaban J connectivity index is 1.73. The van der Waals surface area contributed by atoms with Crippen LogP contribution in [0.4, 0.5) is 15.8 Å². The van der Waals surface area contributed by atoms with E-state index < -0.39 is 38.1 Å². The SMILES string of the molecule is Cc1cccc(N2C(=O)CS(=O)(=O)[C@]23C(=O)N(Cc2ccc(F)cc2)c2ccccc23)c1. The number of amides is 2. The molecule has 2 aliphatic rings. The molecule has 3 aromatic rings. The summed E-state index contributed by atoms with van der Waals surface area (Å²) in [6.45, 7) is 1.87. The number of benzene rings is 3. The van der Waals surface area contributed by atoms with Gasteiger partial charge in [0, 0.05) is 11.3 Å². The maximum Gasteiger partial charge on any atom is 0.274 e. The second kappa shape index (κ2) is 7.00. The molecule has 8 heteroatoms. The second-order valence-corrected chi connectivity index (χ2v) is 10.1. The Bertz CT molecular complexity index is 1370. The van der Waals surface area contributed by atoms with Gasteiger partial charge in [-0.3, -0.25) is 14.5 Å². The number of rotatable bonds is 3. The van der Waals surface area contributed by atoms with E-state index in [2.05, 4.69) is 0 Å². The number of carbonyl (C=O) groups excluding carboxylic acids is 2. The normalized spacial score (nSPS) is 21.4. The molecule has 0 bridgehead atoms. The van der Waals surface area contributed by atoms with Crippen LogP contribution >= 0.6 is 0 Å². The van der Waals surface area contributed by atoms with Crippen LogP contribution < -0.4 is 9.80 Å². The van der Waals surface area contributed by atoms with E-state index in [1.54, 1.807) is 54.6 Å². The van der Waals surface area contributed by atoms with E-state index in [1.807, 2.05) is 13.0 Å². The first kappa shape index (κ1) is 20.4. The number of hydrogen-bond donors (Lipinski definition) is 0. The minimum atomic E-state index is -4.22. The lowest BCUT2D eigenvalue weighted by Crippen LogP contribution is -2.54. The summed E-state index contributed by atoms with van der Waals surface area (Å²) >= 11 is 0. The summed E-state index contributed by atoms with van der Waals surface area (Å²) in [6.07, 6.45) is 0.